The number of aldehydes is 3. The lowest BCUT2D eigenvalue weighted by Crippen LogP contribution is -2.04. The summed E-state index contributed by atoms with van der Waals surface area (Å²) in [7, 11) is 5.51. The predicted octanol–water partition coefficient (Wildman–Crippen LogP) is 7.76. The second-order valence-electron chi connectivity index (χ2n) is 6.83. The molecule has 0 atom stereocenters. The molecule has 0 aliphatic rings. The number of aliphatic imine (C=N–C) groups is 2. The summed E-state index contributed by atoms with van der Waals surface area (Å²) in [6.45, 7) is 15.5. The lowest BCUT2D eigenvalue weighted by Gasteiger charge is -2.04. The van der Waals surface area contributed by atoms with Crippen LogP contribution in [0.1, 0.15) is 107 Å². The summed E-state index contributed by atoms with van der Waals surface area (Å²) in [5.74, 6) is 0.632. The van der Waals surface area contributed by atoms with E-state index in [1.807, 2.05) is 39.3 Å². The van der Waals surface area contributed by atoms with Crippen LogP contribution in [0.5, 0.6) is 0 Å². The van der Waals surface area contributed by atoms with E-state index in [9.17, 15) is 14.4 Å². The molecule has 0 radical (unpaired) electrons. The molecule has 36 heavy (non-hydrogen) atoms. The molecule has 0 aromatic rings. The Kier molecular flexibility index (Phi) is 98.1. The molecule has 0 aromatic carbocycles. The number of carbonyl (C=O) groups is 3. The van der Waals surface area contributed by atoms with Crippen molar-refractivity contribution in [3.63, 3.8) is 0 Å². The molecule has 6 nitrogen and oxygen atoms in total. The highest BCUT2D eigenvalue weighted by molar-refractivity contribution is 5.70. The number of hydrogen-bond acceptors (Lipinski definition) is 6. The smallest absolute Gasteiger partial charge is 0.142 e. The Morgan fingerprint density at radius 3 is 1.36 bits per heavy atom. The lowest BCUT2D eigenvalue weighted by molar-refractivity contribution is -0.109. The highest BCUT2D eigenvalue weighted by Gasteiger charge is 1.99. The highest BCUT2D eigenvalue weighted by Crippen LogP contribution is 2.09. The van der Waals surface area contributed by atoms with E-state index in [-0.39, 0.29) is 7.43 Å². The van der Waals surface area contributed by atoms with Crippen molar-refractivity contribution in [2.75, 3.05) is 27.7 Å². The Morgan fingerprint density at radius 2 is 1.22 bits per heavy atom. The topological polar surface area (TPSA) is 88.0 Å². The van der Waals surface area contributed by atoms with Crippen molar-refractivity contribution in [1.29, 1.82) is 0 Å². The van der Waals surface area contributed by atoms with Crippen molar-refractivity contribution in [3.05, 3.63) is 24.3 Å². The molecule has 0 saturated heterocycles. The third-order valence-corrected chi connectivity index (χ3v) is 3.67. The van der Waals surface area contributed by atoms with Gasteiger partial charge in [-0.1, -0.05) is 80.9 Å². The van der Waals surface area contributed by atoms with E-state index in [4.69, 9.17) is 0 Å². The first-order valence-electron chi connectivity index (χ1n) is 13.0. The van der Waals surface area contributed by atoms with Gasteiger partial charge in [-0.05, 0) is 63.6 Å². The Labute approximate surface area is 226 Å². The SMILES string of the molecule is C.CC/C=C/C=NC.CC/C=C/C=O.CCC(CC)CC=O.CCC=NC.CCC=O.CCCNC. The van der Waals surface area contributed by atoms with Gasteiger partial charge >= 0.3 is 0 Å². The van der Waals surface area contributed by atoms with Crippen molar-refractivity contribution < 1.29 is 14.4 Å². The molecule has 0 unspecified atom stereocenters. The van der Waals surface area contributed by atoms with E-state index in [0.29, 0.717) is 12.3 Å². The Balaban J connectivity index is -0.0000000566. The minimum atomic E-state index is 0. The van der Waals surface area contributed by atoms with Gasteiger partial charge in [0.15, 0.2) is 0 Å². The van der Waals surface area contributed by atoms with Crippen molar-refractivity contribution in [2.45, 2.75) is 107 Å². The van der Waals surface area contributed by atoms with Crippen LogP contribution in [0.3, 0.4) is 0 Å². The molecule has 0 heterocycles. The highest BCUT2D eigenvalue weighted by atomic mass is 16.1. The van der Waals surface area contributed by atoms with Crippen LogP contribution >= 0.6 is 0 Å². The van der Waals surface area contributed by atoms with E-state index in [2.05, 4.69) is 56.0 Å². The Morgan fingerprint density at radius 1 is 0.722 bits per heavy atom. The monoisotopic (exact) mass is 513 g/mol. The molecular weight excluding hydrogens is 450 g/mol. The van der Waals surface area contributed by atoms with Crippen LogP contribution in [0.15, 0.2) is 34.3 Å². The van der Waals surface area contributed by atoms with Crippen LogP contribution in [0.4, 0.5) is 0 Å². The van der Waals surface area contributed by atoms with Gasteiger partial charge in [0.2, 0.25) is 0 Å². The van der Waals surface area contributed by atoms with Gasteiger partial charge in [0.05, 0.1) is 0 Å². The van der Waals surface area contributed by atoms with Crippen molar-refractivity contribution >= 4 is 31.3 Å². The molecule has 0 spiro atoms. The summed E-state index contributed by atoms with van der Waals surface area (Å²) in [5.41, 5.74) is 0. The fraction of sp³-hybridized carbons (Fsp3) is 0.700. The van der Waals surface area contributed by atoms with E-state index in [0.717, 1.165) is 63.9 Å². The number of allylic oxidation sites excluding steroid dienone is 4. The third-order valence-electron chi connectivity index (χ3n) is 3.67. The summed E-state index contributed by atoms with van der Waals surface area (Å²) in [6.07, 6.45) is 21.6. The molecular formula is C30H63N3O3. The molecule has 0 amide bonds. The maximum atomic E-state index is 9.93. The quantitative estimate of drug-likeness (QED) is 0.164. The molecule has 0 rings (SSSR count). The van der Waals surface area contributed by atoms with Crippen LogP contribution in [0.2, 0.25) is 0 Å². The summed E-state index contributed by atoms with van der Waals surface area (Å²) in [6, 6.07) is 0. The maximum absolute atomic E-state index is 9.93. The van der Waals surface area contributed by atoms with Gasteiger partial charge in [-0.15, -0.1) is 0 Å². The second-order valence-corrected chi connectivity index (χ2v) is 6.83. The first-order chi connectivity index (χ1) is 16.9. The molecule has 216 valence electrons. The second kappa shape index (κ2) is 69.8. The minimum absolute atomic E-state index is 0. The number of carbonyl (C=O) groups excluding carboxylic acids is 3. The van der Waals surface area contributed by atoms with Gasteiger partial charge in [-0.2, -0.15) is 0 Å². The number of nitrogens with zero attached hydrogens (tertiary/aromatic N) is 2. The fourth-order valence-corrected chi connectivity index (χ4v) is 1.67. The summed E-state index contributed by atoms with van der Waals surface area (Å²) in [5, 5.41) is 3.02. The van der Waals surface area contributed by atoms with E-state index in [1.165, 1.54) is 12.5 Å². The average molecular weight is 514 g/mol. The van der Waals surface area contributed by atoms with Gasteiger partial charge in [0.1, 0.15) is 18.9 Å². The number of rotatable bonds is 12. The number of hydrogen-bond donors (Lipinski definition) is 1. The molecule has 0 aliphatic carbocycles. The summed E-state index contributed by atoms with van der Waals surface area (Å²) >= 11 is 0. The van der Waals surface area contributed by atoms with Gasteiger partial charge < -0.3 is 19.9 Å². The first-order valence-corrected chi connectivity index (χ1v) is 13.0. The molecule has 1 N–H and O–H groups in total. The molecule has 6 heteroatoms. The normalized spacial score (nSPS) is 9.31. The molecule has 0 aromatic heterocycles. The van der Waals surface area contributed by atoms with E-state index in [1.54, 1.807) is 20.3 Å². The summed E-state index contributed by atoms with van der Waals surface area (Å²) < 4.78 is 0. The Hall–Kier alpha value is -2.21. The third kappa shape index (κ3) is 107. The molecule has 0 bridgehead atoms. The average Bonchev–Trinajstić information content (AvgIpc) is 2.89. The molecule has 0 fully saturated rings. The van der Waals surface area contributed by atoms with Crippen molar-refractivity contribution in [2.24, 2.45) is 15.9 Å². The van der Waals surface area contributed by atoms with E-state index < -0.39 is 0 Å². The lowest BCUT2D eigenvalue weighted by atomic mass is 10.0. The van der Waals surface area contributed by atoms with Gasteiger partial charge in [0.25, 0.3) is 0 Å². The van der Waals surface area contributed by atoms with Crippen molar-refractivity contribution in [1.82, 2.24) is 5.32 Å². The van der Waals surface area contributed by atoms with Crippen LogP contribution in [-0.2, 0) is 14.4 Å². The maximum Gasteiger partial charge on any atom is 0.142 e. The van der Waals surface area contributed by atoms with Gasteiger partial charge in [-0.3, -0.25) is 9.79 Å². The van der Waals surface area contributed by atoms with E-state index >= 15 is 0 Å². The molecule has 0 saturated carbocycles. The fourth-order valence-electron chi connectivity index (χ4n) is 1.67. The van der Waals surface area contributed by atoms with Crippen molar-refractivity contribution in [3.8, 4) is 0 Å². The Bertz CT molecular complexity index is 454. The zero-order valence-electron chi connectivity index (χ0n) is 24.8. The summed E-state index contributed by atoms with van der Waals surface area (Å²) in [4.78, 5) is 36.1. The largest absolute Gasteiger partial charge is 0.320 e. The predicted molar refractivity (Wildman–Crippen MR) is 166 cm³/mol. The van der Waals surface area contributed by atoms with Crippen LogP contribution < -0.4 is 5.32 Å². The zero-order valence-corrected chi connectivity index (χ0v) is 24.8. The van der Waals surface area contributed by atoms with Gasteiger partial charge in [0, 0.05) is 33.2 Å². The zero-order chi connectivity index (χ0) is 28.4. The standard InChI is InChI=1S/C7H14O.C6H11N.C5H8O.C4H11N.C4H9N.C3H6O.CH4/c1-3-7(4-2)5-6-8;1-3-4-5-6-7-2;1-2-3-4-5-6;2*1-3-4-5-2;1-2-3-4;/h6-7H,3-5H2,1-2H3;4-6H,3H2,1-2H3;3-5H,2H2,1H3;5H,3-4H2,1-2H3;4H,3H2,1-2H3;3H,2H2,1H3;1H4/b;5-4+,7-6?;4-3+;;;;. The number of nitrogens with one attached hydrogen (secondary N) is 1. The molecule has 0 aliphatic heterocycles. The van der Waals surface area contributed by atoms with Crippen LogP contribution in [0.25, 0.3) is 0 Å². The van der Waals surface area contributed by atoms with Crippen LogP contribution in [0, 0.1) is 5.92 Å². The first kappa shape index (κ1) is 50.6. The van der Waals surface area contributed by atoms with Gasteiger partial charge in [-0.25, -0.2) is 0 Å². The minimum Gasteiger partial charge on any atom is -0.320 e. The van der Waals surface area contributed by atoms with Crippen LogP contribution in [-0.4, -0.2) is 59.0 Å².